The first kappa shape index (κ1) is 17.1. The number of amides is 1. The molecule has 3 saturated heterocycles. The number of hydrogen-bond donors (Lipinski definition) is 0. The van der Waals surface area contributed by atoms with E-state index < -0.39 is 0 Å². The van der Waals surface area contributed by atoms with Crippen molar-refractivity contribution in [1.82, 2.24) is 35.2 Å². The smallest absolute Gasteiger partial charge is 0.227 e. The zero-order chi connectivity index (χ0) is 18.1. The first-order valence-electron chi connectivity index (χ1n) is 9.27. The van der Waals surface area contributed by atoms with Crippen molar-refractivity contribution < 1.29 is 9.32 Å². The van der Waals surface area contributed by atoms with Gasteiger partial charge in [0.2, 0.25) is 5.91 Å². The molecule has 26 heavy (non-hydrogen) atoms. The molecule has 0 N–H and O–H groups in total. The van der Waals surface area contributed by atoms with E-state index in [1.165, 1.54) is 0 Å². The molecule has 2 bridgehead atoms. The maximum absolute atomic E-state index is 13.0. The molecule has 0 aliphatic carbocycles. The Morgan fingerprint density at radius 2 is 2.12 bits per heavy atom. The summed E-state index contributed by atoms with van der Waals surface area (Å²) in [6, 6.07) is 0.267. The predicted octanol–water partition coefficient (Wildman–Crippen LogP) is 0.791. The van der Waals surface area contributed by atoms with Crippen LogP contribution in [0.4, 0.5) is 0 Å². The number of carbonyl (C=O) groups excluding carboxylic acids is 1. The van der Waals surface area contributed by atoms with Crippen LogP contribution in [0.5, 0.6) is 0 Å². The van der Waals surface area contributed by atoms with Crippen molar-refractivity contribution >= 4 is 5.91 Å². The van der Waals surface area contributed by atoms with E-state index in [4.69, 9.17) is 4.52 Å². The lowest BCUT2D eigenvalue weighted by molar-refractivity contribution is -0.140. The Bertz CT molecular complexity index is 738. The summed E-state index contributed by atoms with van der Waals surface area (Å²) in [5, 5.41) is 15.3. The molecule has 0 unspecified atom stereocenters. The molecule has 0 aromatic carbocycles. The van der Waals surface area contributed by atoms with E-state index in [1.807, 2.05) is 13.8 Å². The Labute approximate surface area is 152 Å². The van der Waals surface area contributed by atoms with E-state index in [0.29, 0.717) is 6.54 Å². The fraction of sp³-hybridized carbons (Fsp3) is 0.706. The molecular weight excluding hydrogens is 334 g/mol. The van der Waals surface area contributed by atoms with Crippen LogP contribution in [0.25, 0.3) is 0 Å². The summed E-state index contributed by atoms with van der Waals surface area (Å²) < 4.78 is 7.03. The average Bonchev–Trinajstić information content (AvgIpc) is 3.15. The van der Waals surface area contributed by atoms with Gasteiger partial charge in [-0.15, -0.1) is 5.10 Å². The fourth-order valence-corrected chi connectivity index (χ4v) is 4.16. The first-order chi connectivity index (χ1) is 12.6. The summed E-state index contributed by atoms with van der Waals surface area (Å²) in [7, 11) is 0. The molecule has 0 spiro atoms. The number of aromatic nitrogens is 5. The van der Waals surface area contributed by atoms with Gasteiger partial charge in [-0.2, -0.15) is 0 Å². The third kappa shape index (κ3) is 3.35. The summed E-state index contributed by atoms with van der Waals surface area (Å²) in [6.45, 7) is 8.01. The predicted molar refractivity (Wildman–Crippen MR) is 91.9 cm³/mol. The van der Waals surface area contributed by atoms with Gasteiger partial charge < -0.3 is 14.3 Å². The minimum absolute atomic E-state index is 0.0993. The molecule has 3 fully saturated rings. The van der Waals surface area contributed by atoms with Crippen LogP contribution in [0.3, 0.4) is 0 Å². The molecule has 140 valence electrons. The number of fused-ring (bicyclic) bond motifs is 4. The molecule has 2 aromatic heterocycles. The molecule has 9 nitrogen and oxygen atoms in total. The van der Waals surface area contributed by atoms with Crippen LogP contribution in [-0.4, -0.2) is 66.7 Å². The third-order valence-electron chi connectivity index (χ3n) is 5.63. The molecule has 5 heterocycles. The Balaban J connectivity index is 1.41. The molecule has 5 rings (SSSR count). The van der Waals surface area contributed by atoms with E-state index in [1.54, 1.807) is 11.0 Å². The highest BCUT2D eigenvalue weighted by Crippen LogP contribution is 2.31. The van der Waals surface area contributed by atoms with Gasteiger partial charge in [0.1, 0.15) is 12.1 Å². The van der Waals surface area contributed by atoms with Gasteiger partial charge in [-0.25, -0.2) is 4.68 Å². The van der Waals surface area contributed by atoms with Gasteiger partial charge in [-0.3, -0.25) is 4.79 Å². The Morgan fingerprint density at radius 3 is 2.85 bits per heavy atom. The number of piperidine rings is 1. The lowest BCUT2D eigenvalue weighted by Crippen LogP contribution is -2.47. The van der Waals surface area contributed by atoms with Crippen LogP contribution in [0.15, 0.2) is 10.9 Å². The summed E-state index contributed by atoms with van der Waals surface area (Å²) in [6.07, 6.45) is 4.68. The van der Waals surface area contributed by atoms with Crippen molar-refractivity contribution in [3.63, 3.8) is 0 Å². The van der Waals surface area contributed by atoms with Crippen LogP contribution in [0.2, 0.25) is 0 Å². The van der Waals surface area contributed by atoms with Gasteiger partial charge >= 0.3 is 0 Å². The van der Waals surface area contributed by atoms with Crippen molar-refractivity contribution in [3.05, 3.63) is 23.3 Å². The minimum atomic E-state index is 0.0993. The number of hydrogen-bond acceptors (Lipinski definition) is 7. The summed E-state index contributed by atoms with van der Waals surface area (Å²) in [5.74, 6) is 1.19. The summed E-state index contributed by atoms with van der Waals surface area (Å²) in [4.78, 5) is 17.5. The SMILES string of the molecule is Cc1noc(C)c1CN1C(=O)[C@H]2CC[C@@H]1CN(CCCn1cnnn1)C2. The van der Waals surface area contributed by atoms with Crippen LogP contribution >= 0.6 is 0 Å². The molecular formula is C17H25N7O2. The maximum atomic E-state index is 13.0. The van der Waals surface area contributed by atoms with Gasteiger partial charge in [-0.1, -0.05) is 5.16 Å². The van der Waals surface area contributed by atoms with Gasteiger partial charge in [0, 0.05) is 37.8 Å². The van der Waals surface area contributed by atoms with Gasteiger partial charge in [-0.05, 0) is 43.5 Å². The van der Waals surface area contributed by atoms with Crippen molar-refractivity contribution in [2.75, 3.05) is 19.6 Å². The summed E-state index contributed by atoms with van der Waals surface area (Å²) >= 11 is 0. The standard InChI is InChI=1S/C17H25N7O2/c1-12-16(13(2)26-19-12)10-24-15-5-4-14(17(24)25)8-22(9-15)6-3-7-23-11-18-20-21-23/h11,14-15H,3-10H2,1-2H3/t14-,15+/m0/s1. The quantitative estimate of drug-likeness (QED) is 0.753. The second-order valence-corrected chi connectivity index (χ2v) is 7.38. The highest BCUT2D eigenvalue weighted by Gasteiger charge is 2.40. The topological polar surface area (TPSA) is 93.2 Å². The van der Waals surface area contributed by atoms with Crippen molar-refractivity contribution in [1.29, 1.82) is 0 Å². The van der Waals surface area contributed by atoms with E-state index >= 15 is 0 Å². The lowest BCUT2D eigenvalue weighted by Gasteiger charge is -2.36. The van der Waals surface area contributed by atoms with Crippen LogP contribution in [-0.2, 0) is 17.9 Å². The second kappa shape index (κ2) is 7.14. The minimum Gasteiger partial charge on any atom is -0.361 e. The number of tetrazole rings is 1. The van der Waals surface area contributed by atoms with E-state index in [9.17, 15) is 4.79 Å². The van der Waals surface area contributed by atoms with E-state index in [-0.39, 0.29) is 17.9 Å². The molecule has 0 radical (unpaired) electrons. The normalized spacial score (nSPS) is 23.6. The number of carbonyl (C=O) groups is 1. The van der Waals surface area contributed by atoms with E-state index in [2.05, 4.69) is 30.5 Å². The molecule has 2 aromatic rings. The highest BCUT2D eigenvalue weighted by atomic mass is 16.5. The zero-order valence-electron chi connectivity index (χ0n) is 15.3. The maximum Gasteiger partial charge on any atom is 0.227 e. The Morgan fingerprint density at radius 1 is 1.23 bits per heavy atom. The number of nitrogens with zero attached hydrogens (tertiary/aromatic N) is 7. The molecule has 2 atom stereocenters. The van der Waals surface area contributed by atoms with Crippen LogP contribution in [0.1, 0.15) is 36.3 Å². The fourth-order valence-electron chi connectivity index (χ4n) is 4.16. The van der Waals surface area contributed by atoms with Crippen LogP contribution < -0.4 is 0 Å². The monoisotopic (exact) mass is 359 g/mol. The highest BCUT2D eigenvalue weighted by molar-refractivity contribution is 5.80. The van der Waals surface area contributed by atoms with Crippen molar-refractivity contribution in [3.8, 4) is 0 Å². The van der Waals surface area contributed by atoms with Gasteiger partial charge in [0.05, 0.1) is 18.2 Å². The molecule has 0 saturated carbocycles. The lowest BCUT2D eigenvalue weighted by atomic mass is 9.93. The molecule has 9 heteroatoms. The Kier molecular flexibility index (Phi) is 4.71. The summed E-state index contributed by atoms with van der Waals surface area (Å²) in [5.41, 5.74) is 1.94. The Hall–Kier alpha value is -2.29. The van der Waals surface area contributed by atoms with Gasteiger partial charge in [0.25, 0.3) is 0 Å². The van der Waals surface area contributed by atoms with Crippen molar-refractivity contribution in [2.45, 2.75) is 52.2 Å². The molecule has 3 aliphatic rings. The zero-order valence-corrected chi connectivity index (χ0v) is 15.3. The first-order valence-corrected chi connectivity index (χ1v) is 9.27. The number of aryl methyl sites for hydroxylation is 3. The van der Waals surface area contributed by atoms with E-state index in [0.717, 1.165) is 62.5 Å². The second-order valence-electron chi connectivity index (χ2n) is 7.38. The molecule has 3 aliphatic heterocycles. The van der Waals surface area contributed by atoms with Crippen molar-refractivity contribution in [2.24, 2.45) is 5.92 Å². The van der Waals surface area contributed by atoms with Crippen LogP contribution in [0, 0.1) is 19.8 Å². The number of rotatable bonds is 6. The largest absolute Gasteiger partial charge is 0.361 e. The average molecular weight is 359 g/mol. The van der Waals surface area contributed by atoms with Gasteiger partial charge in [0.15, 0.2) is 0 Å². The molecule has 1 amide bonds. The third-order valence-corrected chi connectivity index (χ3v) is 5.63.